The van der Waals surface area contributed by atoms with E-state index < -0.39 is 0 Å². The Kier molecular flexibility index (Phi) is 4.28. The summed E-state index contributed by atoms with van der Waals surface area (Å²) in [4.78, 5) is 17.5. The lowest BCUT2D eigenvalue weighted by atomic mass is 10.1. The van der Waals surface area contributed by atoms with E-state index in [1.807, 2.05) is 37.3 Å². The van der Waals surface area contributed by atoms with Crippen molar-refractivity contribution in [2.24, 2.45) is 0 Å². The van der Waals surface area contributed by atoms with Crippen LogP contribution in [0.25, 0.3) is 11.0 Å². The van der Waals surface area contributed by atoms with Gasteiger partial charge < -0.3 is 9.32 Å². The number of aryl methyl sites for hydroxylation is 1. The summed E-state index contributed by atoms with van der Waals surface area (Å²) in [5.74, 6) is 0.731. The maximum atomic E-state index is 12.8. The summed E-state index contributed by atoms with van der Waals surface area (Å²) in [6, 6.07) is 18.0. The monoisotopic (exact) mass is 334 g/mol. The lowest BCUT2D eigenvalue weighted by molar-refractivity contribution is 0.246. The molecule has 2 aromatic carbocycles. The van der Waals surface area contributed by atoms with E-state index in [-0.39, 0.29) is 5.43 Å². The third kappa shape index (κ3) is 3.17. The fourth-order valence-electron chi connectivity index (χ4n) is 3.50. The Labute approximate surface area is 147 Å². The number of hydrogen-bond acceptors (Lipinski definition) is 4. The van der Waals surface area contributed by atoms with Crippen molar-refractivity contribution in [1.29, 1.82) is 0 Å². The minimum atomic E-state index is 0.102. The van der Waals surface area contributed by atoms with Crippen molar-refractivity contribution in [1.82, 2.24) is 4.90 Å². The van der Waals surface area contributed by atoms with E-state index >= 15 is 0 Å². The van der Waals surface area contributed by atoms with E-state index in [0.29, 0.717) is 17.5 Å². The van der Waals surface area contributed by atoms with Crippen LogP contribution in [0.15, 0.2) is 63.8 Å². The standard InChI is InChI=1S/C21H22N2O2/c1-16-19(21(24)18-9-5-6-10-20(18)25-16)15-22-11-13-23(14-12-22)17-7-3-2-4-8-17/h2-10H,11-15H2,1H3. The first-order chi connectivity index (χ1) is 12.2. The van der Waals surface area contributed by atoms with Gasteiger partial charge in [-0.1, -0.05) is 30.3 Å². The molecule has 25 heavy (non-hydrogen) atoms. The molecule has 0 spiro atoms. The molecular formula is C21H22N2O2. The molecule has 4 rings (SSSR count). The second-order valence-electron chi connectivity index (χ2n) is 6.56. The molecule has 4 heteroatoms. The molecule has 2 heterocycles. The van der Waals surface area contributed by atoms with Gasteiger partial charge >= 0.3 is 0 Å². The number of nitrogens with zero attached hydrogens (tertiary/aromatic N) is 2. The molecule has 0 atom stereocenters. The van der Waals surface area contributed by atoms with Crippen molar-refractivity contribution in [3.8, 4) is 0 Å². The quantitative estimate of drug-likeness (QED) is 0.735. The summed E-state index contributed by atoms with van der Waals surface area (Å²) in [7, 11) is 0. The smallest absolute Gasteiger partial charge is 0.197 e. The molecule has 1 fully saturated rings. The van der Waals surface area contributed by atoms with Gasteiger partial charge in [-0.15, -0.1) is 0 Å². The number of rotatable bonds is 3. The highest BCUT2D eigenvalue weighted by molar-refractivity contribution is 5.77. The zero-order chi connectivity index (χ0) is 17.2. The molecule has 0 bridgehead atoms. The molecule has 0 aliphatic carbocycles. The van der Waals surface area contributed by atoms with Crippen LogP contribution in [-0.2, 0) is 6.54 Å². The molecule has 0 radical (unpaired) electrons. The Morgan fingerprint density at radius 2 is 1.60 bits per heavy atom. The summed E-state index contributed by atoms with van der Waals surface area (Å²) in [6.45, 7) is 6.39. The van der Waals surface area contributed by atoms with Gasteiger partial charge in [0.15, 0.2) is 5.43 Å². The molecule has 128 valence electrons. The van der Waals surface area contributed by atoms with Crippen LogP contribution >= 0.6 is 0 Å². The first kappa shape index (κ1) is 15.9. The summed E-state index contributed by atoms with van der Waals surface area (Å²) >= 11 is 0. The summed E-state index contributed by atoms with van der Waals surface area (Å²) in [6.07, 6.45) is 0. The molecule has 4 nitrogen and oxygen atoms in total. The van der Waals surface area contributed by atoms with Gasteiger partial charge in [-0.3, -0.25) is 9.69 Å². The number of para-hydroxylation sites is 2. The maximum Gasteiger partial charge on any atom is 0.197 e. The van der Waals surface area contributed by atoms with E-state index in [0.717, 1.165) is 37.5 Å². The van der Waals surface area contributed by atoms with E-state index in [1.165, 1.54) is 5.69 Å². The van der Waals surface area contributed by atoms with Gasteiger partial charge in [-0.25, -0.2) is 0 Å². The highest BCUT2D eigenvalue weighted by Gasteiger charge is 2.20. The van der Waals surface area contributed by atoms with Gasteiger partial charge in [0.25, 0.3) is 0 Å². The average Bonchev–Trinajstić information content (AvgIpc) is 2.66. The third-order valence-electron chi connectivity index (χ3n) is 4.97. The summed E-state index contributed by atoms with van der Waals surface area (Å²) in [5, 5.41) is 0.672. The number of piperazine rings is 1. The molecule has 1 aliphatic rings. The Balaban J connectivity index is 1.51. The predicted molar refractivity (Wildman–Crippen MR) is 101 cm³/mol. The van der Waals surface area contributed by atoms with Gasteiger partial charge in [-0.2, -0.15) is 0 Å². The van der Waals surface area contributed by atoms with Gasteiger partial charge in [0.05, 0.1) is 10.9 Å². The SMILES string of the molecule is Cc1oc2ccccc2c(=O)c1CN1CCN(c2ccccc2)CC1. The first-order valence-corrected chi connectivity index (χ1v) is 8.76. The first-order valence-electron chi connectivity index (χ1n) is 8.76. The molecule has 0 unspecified atom stereocenters. The van der Waals surface area contributed by atoms with Gasteiger partial charge in [-0.05, 0) is 31.2 Å². The third-order valence-corrected chi connectivity index (χ3v) is 4.97. The molecule has 1 aliphatic heterocycles. The fourth-order valence-corrected chi connectivity index (χ4v) is 3.50. The van der Waals surface area contributed by atoms with Crippen molar-refractivity contribution < 1.29 is 4.42 Å². The molecule has 3 aromatic rings. The molecule has 0 N–H and O–H groups in total. The van der Waals surface area contributed by atoms with Crippen molar-refractivity contribution in [2.75, 3.05) is 31.1 Å². The van der Waals surface area contributed by atoms with Crippen LogP contribution in [0, 0.1) is 6.92 Å². The largest absolute Gasteiger partial charge is 0.461 e. The van der Waals surface area contributed by atoms with E-state index in [1.54, 1.807) is 0 Å². The van der Waals surface area contributed by atoms with Crippen LogP contribution < -0.4 is 10.3 Å². The lowest BCUT2D eigenvalue weighted by Gasteiger charge is -2.36. The van der Waals surface area contributed by atoms with Crippen LogP contribution in [0.2, 0.25) is 0 Å². The van der Waals surface area contributed by atoms with E-state index in [2.05, 4.69) is 34.1 Å². The molecular weight excluding hydrogens is 312 g/mol. The van der Waals surface area contributed by atoms with Crippen LogP contribution in [-0.4, -0.2) is 31.1 Å². The lowest BCUT2D eigenvalue weighted by Crippen LogP contribution is -2.46. The van der Waals surface area contributed by atoms with Gasteiger partial charge in [0.1, 0.15) is 11.3 Å². The van der Waals surface area contributed by atoms with Crippen molar-refractivity contribution in [2.45, 2.75) is 13.5 Å². The van der Waals surface area contributed by atoms with Gasteiger partial charge in [0, 0.05) is 38.4 Å². The van der Waals surface area contributed by atoms with Gasteiger partial charge in [0.2, 0.25) is 0 Å². The zero-order valence-corrected chi connectivity index (χ0v) is 14.4. The highest BCUT2D eigenvalue weighted by Crippen LogP contribution is 2.19. The van der Waals surface area contributed by atoms with Crippen LogP contribution in [0.4, 0.5) is 5.69 Å². The summed E-state index contributed by atoms with van der Waals surface area (Å²) < 4.78 is 5.87. The number of anilines is 1. The topological polar surface area (TPSA) is 36.7 Å². The minimum absolute atomic E-state index is 0.102. The Morgan fingerprint density at radius 3 is 2.36 bits per heavy atom. The fraction of sp³-hybridized carbons (Fsp3) is 0.286. The molecule has 1 saturated heterocycles. The molecule has 1 aromatic heterocycles. The maximum absolute atomic E-state index is 12.8. The number of hydrogen-bond donors (Lipinski definition) is 0. The molecule has 0 amide bonds. The predicted octanol–water partition coefficient (Wildman–Crippen LogP) is 3.42. The van der Waals surface area contributed by atoms with Crippen LogP contribution in [0.5, 0.6) is 0 Å². The number of fused-ring (bicyclic) bond motifs is 1. The zero-order valence-electron chi connectivity index (χ0n) is 14.4. The number of benzene rings is 2. The summed E-state index contributed by atoms with van der Waals surface area (Å²) in [5.41, 5.74) is 2.82. The average molecular weight is 334 g/mol. The Hall–Kier alpha value is -2.59. The highest BCUT2D eigenvalue weighted by atomic mass is 16.3. The molecule has 0 saturated carbocycles. The second kappa shape index (κ2) is 6.73. The van der Waals surface area contributed by atoms with Crippen molar-refractivity contribution in [3.05, 3.63) is 76.1 Å². The van der Waals surface area contributed by atoms with Crippen molar-refractivity contribution >= 4 is 16.7 Å². The Morgan fingerprint density at radius 1 is 0.920 bits per heavy atom. The van der Waals surface area contributed by atoms with E-state index in [9.17, 15) is 4.79 Å². The van der Waals surface area contributed by atoms with Crippen molar-refractivity contribution in [3.63, 3.8) is 0 Å². The normalized spacial score (nSPS) is 15.6. The van der Waals surface area contributed by atoms with Crippen LogP contribution in [0.1, 0.15) is 11.3 Å². The second-order valence-corrected chi connectivity index (χ2v) is 6.56. The van der Waals surface area contributed by atoms with Crippen LogP contribution in [0.3, 0.4) is 0 Å². The minimum Gasteiger partial charge on any atom is -0.461 e. The van der Waals surface area contributed by atoms with E-state index in [4.69, 9.17) is 4.42 Å². The Bertz CT molecular complexity index is 926.